The molecule has 21 heavy (non-hydrogen) atoms. The number of rotatable bonds is 4. The quantitative estimate of drug-likeness (QED) is 0.699. The van der Waals surface area contributed by atoms with Crippen molar-refractivity contribution in [1.82, 2.24) is 15.2 Å². The van der Waals surface area contributed by atoms with Crippen LogP contribution in [0.4, 0.5) is 5.82 Å². The van der Waals surface area contributed by atoms with E-state index in [0.717, 1.165) is 12.0 Å². The van der Waals surface area contributed by atoms with Crippen LogP contribution in [0.3, 0.4) is 0 Å². The van der Waals surface area contributed by atoms with Gasteiger partial charge in [0.15, 0.2) is 0 Å². The van der Waals surface area contributed by atoms with Crippen molar-refractivity contribution >= 4 is 17.6 Å². The molecule has 0 radical (unpaired) electrons. The van der Waals surface area contributed by atoms with E-state index in [1.807, 2.05) is 6.07 Å². The molecule has 1 aliphatic heterocycles. The third-order valence-corrected chi connectivity index (χ3v) is 3.54. The fourth-order valence-electron chi connectivity index (χ4n) is 2.41. The molecule has 1 aliphatic rings. The summed E-state index contributed by atoms with van der Waals surface area (Å²) in [6.45, 7) is 2.58. The van der Waals surface area contributed by atoms with Crippen LogP contribution in [0.2, 0.25) is 0 Å². The Kier molecular flexibility index (Phi) is 4.74. The number of likely N-dealkylation sites (tertiary alicyclic amines) is 1. The van der Waals surface area contributed by atoms with Crippen molar-refractivity contribution in [3.63, 3.8) is 0 Å². The summed E-state index contributed by atoms with van der Waals surface area (Å²) in [5, 5.41) is 2.83. The number of nitrogens with zero attached hydrogens (tertiary/aromatic N) is 2. The molecule has 0 spiro atoms. The largest absolute Gasteiger partial charge is 0.384 e. The predicted octanol–water partition coefficient (Wildman–Crippen LogP) is -0.382. The van der Waals surface area contributed by atoms with Crippen LogP contribution in [-0.2, 0) is 16.1 Å². The molecule has 0 bridgehead atoms. The maximum absolute atomic E-state index is 12.2. The zero-order valence-electron chi connectivity index (χ0n) is 12.1. The fraction of sp³-hybridized carbons (Fsp3) is 0.500. The molecule has 1 aromatic rings. The maximum atomic E-state index is 12.2. The number of hydrogen-bond donors (Lipinski definition) is 3. The second kappa shape index (κ2) is 6.53. The number of carbonyl (C=O) groups excluding carboxylic acids is 2. The minimum atomic E-state index is -0.584. The number of pyridine rings is 1. The molecule has 1 aromatic heterocycles. The summed E-state index contributed by atoms with van der Waals surface area (Å²) in [5.41, 5.74) is 12.0. The van der Waals surface area contributed by atoms with E-state index in [1.54, 1.807) is 24.1 Å². The molecule has 7 nitrogen and oxygen atoms in total. The molecule has 0 aromatic carbocycles. The molecule has 0 unspecified atom stereocenters. The van der Waals surface area contributed by atoms with Crippen LogP contribution in [0.15, 0.2) is 18.3 Å². The average molecular weight is 291 g/mol. The molecule has 0 saturated carbocycles. The number of nitrogens with one attached hydrogen (secondary N) is 1. The van der Waals surface area contributed by atoms with Gasteiger partial charge in [0.1, 0.15) is 11.9 Å². The van der Waals surface area contributed by atoms with Gasteiger partial charge in [-0.15, -0.1) is 0 Å². The highest BCUT2D eigenvalue weighted by molar-refractivity contribution is 5.90. The standard InChI is InChI=1S/C14H21N5O2/c1-9(15)14(21)19-6-2-3-11(19)13(20)18-8-10-4-5-12(16)17-7-10/h4-5,7,9,11H,2-3,6,8,15H2,1H3,(H2,16,17)(H,18,20)/t9-,11+/m1/s1. The van der Waals surface area contributed by atoms with E-state index in [9.17, 15) is 9.59 Å². The average Bonchev–Trinajstić information content (AvgIpc) is 2.94. The molecule has 2 atom stereocenters. The zero-order chi connectivity index (χ0) is 15.4. The summed E-state index contributed by atoms with van der Waals surface area (Å²) in [4.78, 5) is 29.7. The molecular formula is C14H21N5O2. The lowest BCUT2D eigenvalue weighted by molar-refractivity contribution is -0.139. The molecule has 0 aliphatic carbocycles. The smallest absolute Gasteiger partial charge is 0.243 e. The number of anilines is 1. The predicted molar refractivity (Wildman–Crippen MR) is 78.9 cm³/mol. The van der Waals surface area contributed by atoms with E-state index in [4.69, 9.17) is 11.5 Å². The molecule has 1 saturated heterocycles. The highest BCUT2D eigenvalue weighted by Gasteiger charge is 2.34. The van der Waals surface area contributed by atoms with Gasteiger partial charge in [0.2, 0.25) is 11.8 Å². The van der Waals surface area contributed by atoms with Gasteiger partial charge < -0.3 is 21.7 Å². The third kappa shape index (κ3) is 3.69. The molecule has 5 N–H and O–H groups in total. The summed E-state index contributed by atoms with van der Waals surface area (Å²) in [7, 11) is 0. The van der Waals surface area contributed by atoms with Crippen LogP contribution >= 0.6 is 0 Å². The van der Waals surface area contributed by atoms with Gasteiger partial charge >= 0.3 is 0 Å². The van der Waals surface area contributed by atoms with Crippen LogP contribution in [0.1, 0.15) is 25.3 Å². The molecule has 2 amide bonds. The van der Waals surface area contributed by atoms with Gasteiger partial charge in [-0.25, -0.2) is 4.98 Å². The Morgan fingerprint density at radius 3 is 2.90 bits per heavy atom. The minimum absolute atomic E-state index is 0.154. The summed E-state index contributed by atoms with van der Waals surface area (Å²) >= 11 is 0. The molecule has 1 fully saturated rings. The van der Waals surface area contributed by atoms with Gasteiger partial charge in [0.25, 0.3) is 0 Å². The van der Waals surface area contributed by atoms with Gasteiger partial charge in [-0.05, 0) is 31.4 Å². The third-order valence-electron chi connectivity index (χ3n) is 3.54. The molecule has 114 valence electrons. The minimum Gasteiger partial charge on any atom is -0.384 e. The van der Waals surface area contributed by atoms with Gasteiger partial charge in [0, 0.05) is 19.3 Å². The van der Waals surface area contributed by atoms with Crippen LogP contribution in [0, 0.1) is 0 Å². The van der Waals surface area contributed by atoms with E-state index in [2.05, 4.69) is 10.3 Å². The van der Waals surface area contributed by atoms with Gasteiger partial charge in [-0.1, -0.05) is 6.07 Å². The van der Waals surface area contributed by atoms with Crippen molar-refractivity contribution in [1.29, 1.82) is 0 Å². The second-order valence-electron chi connectivity index (χ2n) is 5.29. The highest BCUT2D eigenvalue weighted by Crippen LogP contribution is 2.18. The van der Waals surface area contributed by atoms with Crippen molar-refractivity contribution in [2.45, 2.75) is 38.4 Å². The molecule has 2 heterocycles. The Balaban J connectivity index is 1.93. The SMILES string of the molecule is C[C@@H](N)C(=O)N1CCC[C@H]1C(=O)NCc1ccc(N)nc1. The molecule has 7 heteroatoms. The number of hydrogen-bond acceptors (Lipinski definition) is 5. The van der Waals surface area contributed by atoms with Crippen molar-refractivity contribution in [3.8, 4) is 0 Å². The number of aromatic nitrogens is 1. The highest BCUT2D eigenvalue weighted by atomic mass is 16.2. The van der Waals surface area contributed by atoms with E-state index in [0.29, 0.717) is 25.3 Å². The van der Waals surface area contributed by atoms with Crippen LogP contribution in [0.5, 0.6) is 0 Å². The van der Waals surface area contributed by atoms with Gasteiger partial charge in [0.05, 0.1) is 6.04 Å². The number of amides is 2. The van der Waals surface area contributed by atoms with Gasteiger partial charge in [-0.2, -0.15) is 0 Å². The number of nitrogen functional groups attached to an aromatic ring is 1. The van der Waals surface area contributed by atoms with Crippen molar-refractivity contribution in [2.24, 2.45) is 5.73 Å². The van der Waals surface area contributed by atoms with E-state index >= 15 is 0 Å². The first-order chi connectivity index (χ1) is 9.99. The van der Waals surface area contributed by atoms with Crippen molar-refractivity contribution in [3.05, 3.63) is 23.9 Å². The van der Waals surface area contributed by atoms with Crippen molar-refractivity contribution < 1.29 is 9.59 Å². The first kappa shape index (κ1) is 15.2. The summed E-state index contributed by atoms with van der Waals surface area (Å²) in [5.74, 6) is 0.106. The van der Waals surface area contributed by atoms with Gasteiger partial charge in [-0.3, -0.25) is 9.59 Å². The lowest BCUT2D eigenvalue weighted by Crippen LogP contribution is -2.50. The van der Waals surface area contributed by atoms with Crippen molar-refractivity contribution in [2.75, 3.05) is 12.3 Å². The normalized spacial score (nSPS) is 19.3. The summed E-state index contributed by atoms with van der Waals surface area (Å²) in [6.07, 6.45) is 3.11. The maximum Gasteiger partial charge on any atom is 0.243 e. The summed E-state index contributed by atoms with van der Waals surface area (Å²) in [6, 6.07) is 2.48. The first-order valence-electron chi connectivity index (χ1n) is 7.03. The molecular weight excluding hydrogens is 270 g/mol. The Morgan fingerprint density at radius 1 is 1.52 bits per heavy atom. The molecule has 2 rings (SSSR count). The van der Waals surface area contributed by atoms with Crippen LogP contribution < -0.4 is 16.8 Å². The fourth-order valence-corrected chi connectivity index (χ4v) is 2.41. The topological polar surface area (TPSA) is 114 Å². The zero-order valence-corrected chi connectivity index (χ0v) is 12.1. The Morgan fingerprint density at radius 2 is 2.29 bits per heavy atom. The van der Waals surface area contributed by atoms with E-state index in [-0.39, 0.29) is 11.8 Å². The summed E-state index contributed by atoms with van der Waals surface area (Å²) < 4.78 is 0. The number of carbonyl (C=O) groups is 2. The lowest BCUT2D eigenvalue weighted by Gasteiger charge is -2.25. The van der Waals surface area contributed by atoms with E-state index < -0.39 is 12.1 Å². The Bertz CT molecular complexity index is 515. The monoisotopic (exact) mass is 291 g/mol. The second-order valence-corrected chi connectivity index (χ2v) is 5.29. The Labute approximate surface area is 123 Å². The number of nitrogens with two attached hydrogens (primary N) is 2. The van der Waals surface area contributed by atoms with Crippen LogP contribution in [0.25, 0.3) is 0 Å². The first-order valence-corrected chi connectivity index (χ1v) is 7.03. The van der Waals surface area contributed by atoms with E-state index in [1.165, 1.54) is 0 Å². The Hall–Kier alpha value is -2.15. The lowest BCUT2D eigenvalue weighted by atomic mass is 10.2. The van der Waals surface area contributed by atoms with Crippen LogP contribution in [-0.4, -0.2) is 40.3 Å².